The lowest BCUT2D eigenvalue weighted by atomic mass is 9.83. The molecule has 1 aliphatic carbocycles. The molecule has 0 bridgehead atoms. The lowest BCUT2D eigenvalue weighted by Crippen LogP contribution is -2.53. The summed E-state index contributed by atoms with van der Waals surface area (Å²) in [4.78, 5) is 9.33. The van der Waals surface area contributed by atoms with Gasteiger partial charge in [0.2, 0.25) is 0 Å². The SMILES string of the molecule is CN=C(NCC1(CCO)CCCC1)N1CCN(c2cccs2)CC1. The van der Waals surface area contributed by atoms with E-state index in [4.69, 9.17) is 0 Å². The fraction of sp³-hybridized carbons (Fsp3) is 0.722. The Bertz CT molecular complexity index is 517. The smallest absolute Gasteiger partial charge is 0.193 e. The summed E-state index contributed by atoms with van der Waals surface area (Å²) in [5.41, 5.74) is 0.267. The summed E-state index contributed by atoms with van der Waals surface area (Å²) in [7, 11) is 1.88. The van der Waals surface area contributed by atoms with E-state index >= 15 is 0 Å². The standard InChI is InChI=1S/C18H30N4OS/c1-19-17(20-15-18(8-13-23)6-2-3-7-18)22-11-9-21(10-12-22)16-5-4-14-24-16/h4-5,14,23H,2-3,6-13,15H2,1H3,(H,19,20). The topological polar surface area (TPSA) is 51.1 Å². The van der Waals surface area contributed by atoms with E-state index in [1.54, 1.807) is 0 Å². The Labute approximate surface area is 149 Å². The molecule has 0 amide bonds. The number of guanidine groups is 1. The van der Waals surface area contributed by atoms with E-state index in [2.05, 4.69) is 37.6 Å². The first kappa shape index (κ1) is 17.5. The van der Waals surface area contributed by atoms with Crippen LogP contribution in [0.2, 0.25) is 0 Å². The Morgan fingerprint density at radius 3 is 2.62 bits per heavy atom. The van der Waals surface area contributed by atoms with E-state index in [0.29, 0.717) is 6.61 Å². The third-order valence-corrected chi connectivity index (χ3v) is 6.47. The minimum atomic E-state index is 0.267. The number of nitrogens with one attached hydrogen (secondary N) is 1. The molecule has 1 saturated carbocycles. The minimum absolute atomic E-state index is 0.267. The molecule has 2 heterocycles. The van der Waals surface area contributed by atoms with Crippen molar-refractivity contribution in [2.24, 2.45) is 10.4 Å². The van der Waals surface area contributed by atoms with Gasteiger partial charge in [-0.3, -0.25) is 4.99 Å². The Balaban J connectivity index is 1.52. The molecule has 2 aliphatic rings. The number of aliphatic hydroxyl groups is 1. The molecule has 0 aromatic carbocycles. The third-order valence-electron chi connectivity index (χ3n) is 5.54. The van der Waals surface area contributed by atoms with E-state index in [-0.39, 0.29) is 5.41 Å². The fourth-order valence-electron chi connectivity index (χ4n) is 4.06. The highest BCUT2D eigenvalue weighted by atomic mass is 32.1. The van der Waals surface area contributed by atoms with Crippen LogP contribution < -0.4 is 10.2 Å². The summed E-state index contributed by atoms with van der Waals surface area (Å²) < 4.78 is 0. The molecule has 24 heavy (non-hydrogen) atoms. The monoisotopic (exact) mass is 350 g/mol. The first-order valence-electron chi connectivity index (χ1n) is 9.11. The molecule has 0 spiro atoms. The largest absolute Gasteiger partial charge is 0.396 e. The van der Waals surface area contributed by atoms with Crippen molar-refractivity contribution in [1.82, 2.24) is 10.2 Å². The van der Waals surface area contributed by atoms with Gasteiger partial charge in [0.05, 0.1) is 5.00 Å². The van der Waals surface area contributed by atoms with Gasteiger partial charge in [0.25, 0.3) is 0 Å². The number of rotatable bonds is 5. The highest BCUT2D eigenvalue weighted by Gasteiger charge is 2.33. The van der Waals surface area contributed by atoms with Crippen LogP contribution in [0.1, 0.15) is 32.1 Å². The maximum Gasteiger partial charge on any atom is 0.193 e. The van der Waals surface area contributed by atoms with E-state index < -0.39 is 0 Å². The van der Waals surface area contributed by atoms with Crippen LogP contribution in [-0.4, -0.2) is 62.3 Å². The van der Waals surface area contributed by atoms with Crippen molar-refractivity contribution in [3.8, 4) is 0 Å². The van der Waals surface area contributed by atoms with Gasteiger partial charge in [-0.1, -0.05) is 12.8 Å². The summed E-state index contributed by atoms with van der Waals surface area (Å²) in [6.07, 6.45) is 5.94. The molecule has 0 atom stereocenters. The second-order valence-corrected chi connectivity index (χ2v) is 7.93. The molecule has 1 saturated heterocycles. The maximum atomic E-state index is 9.41. The van der Waals surface area contributed by atoms with Gasteiger partial charge in [-0.15, -0.1) is 11.3 Å². The van der Waals surface area contributed by atoms with E-state index in [1.807, 2.05) is 18.4 Å². The van der Waals surface area contributed by atoms with Gasteiger partial charge in [-0.25, -0.2) is 0 Å². The Hall–Kier alpha value is -1.27. The number of hydrogen-bond acceptors (Lipinski definition) is 4. The molecule has 3 rings (SSSR count). The number of aliphatic hydroxyl groups excluding tert-OH is 1. The van der Waals surface area contributed by atoms with Crippen LogP contribution >= 0.6 is 11.3 Å². The molecule has 134 valence electrons. The molecule has 1 aliphatic heterocycles. The normalized spacial score (nSPS) is 21.3. The van der Waals surface area contributed by atoms with Crippen LogP contribution in [0, 0.1) is 5.41 Å². The molecule has 6 heteroatoms. The van der Waals surface area contributed by atoms with Gasteiger partial charge in [0, 0.05) is 46.4 Å². The van der Waals surface area contributed by atoms with Gasteiger partial charge >= 0.3 is 0 Å². The number of aliphatic imine (C=N–C) groups is 1. The molecular formula is C18H30N4OS. The van der Waals surface area contributed by atoms with Crippen molar-refractivity contribution in [2.75, 3.05) is 51.3 Å². The number of hydrogen-bond donors (Lipinski definition) is 2. The Kier molecular flexibility index (Phi) is 6.00. The van der Waals surface area contributed by atoms with Crippen molar-refractivity contribution >= 4 is 22.3 Å². The second kappa shape index (κ2) is 8.21. The van der Waals surface area contributed by atoms with Crippen LogP contribution in [0.4, 0.5) is 5.00 Å². The number of piperazine rings is 1. The molecule has 1 aromatic heterocycles. The zero-order chi connectivity index (χ0) is 16.8. The summed E-state index contributed by atoms with van der Waals surface area (Å²) >= 11 is 1.81. The van der Waals surface area contributed by atoms with Gasteiger partial charge in [-0.2, -0.15) is 0 Å². The molecular weight excluding hydrogens is 320 g/mol. The van der Waals surface area contributed by atoms with Gasteiger partial charge < -0.3 is 20.2 Å². The van der Waals surface area contributed by atoms with Crippen LogP contribution in [0.15, 0.2) is 22.5 Å². The van der Waals surface area contributed by atoms with Gasteiger partial charge in [-0.05, 0) is 42.2 Å². The molecule has 2 N–H and O–H groups in total. The van der Waals surface area contributed by atoms with Crippen LogP contribution in [0.5, 0.6) is 0 Å². The zero-order valence-electron chi connectivity index (χ0n) is 14.7. The Morgan fingerprint density at radius 1 is 1.29 bits per heavy atom. The lowest BCUT2D eigenvalue weighted by Gasteiger charge is -2.38. The lowest BCUT2D eigenvalue weighted by molar-refractivity contribution is 0.184. The second-order valence-electron chi connectivity index (χ2n) is 7.01. The molecule has 2 fully saturated rings. The summed E-state index contributed by atoms with van der Waals surface area (Å²) in [6.45, 7) is 5.33. The van der Waals surface area contributed by atoms with E-state index in [1.165, 1.54) is 30.7 Å². The maximum absolute atomic E-state index is 9.41. The molecule has 0 unspecified atom stereocenters. The first-order chi connectivity index (χ1) is 11.8. The summed E-state index contributed by atoms with van der Waals surface area (Å²) in [5, 5.41) is 16.5. The molecule has 1 aromatic rings. The number of anilines is 1. The minimum Gasteiger partial charge on any atom is -0.396 e. The predicted molar refractivity (Wildman–Crippen MR) is 102 cm³/mol. The molecule has 0 radical (unpaired) electrons. The zero-order valence-corrected chi connectivity index (χ0v) is 15.5. The van der Waals surface area contributed by atoms with Gasteiger partial charge in [0.15, 0.2) is 5.96 Å². The highest BCUT2D eigenvalue weighted by Crippen LogP contribution is 2.40. The van der Waals surface area contributed by atoms with E-state index in [9.17, 15) is 5.11 Å². The Morgan fingerprint density at radius 2 is 2.04 bits per heavy atom. The number of nitrogens with zero attached hydrogens (tertiary/aromatic N) is 3. The summed E-state index contributed by atoms with van der Waals surface area (Å²) in [5.74, 6) is 1.02. The average Bonchev–Trinajstić information content (AvgIpc) is 3.29. The van der Waals surface area contributed by atoms with Crippen molar-refractivity contribution in [1.29, 1.82) is 0 Å². The first-order valence-corrected chi connectivity index (χ1v) is 9.99. The van der Waals surface area contributed by atoms with Crippen molar-refractivity contribution in [3.63, 3.8) is 0 Å². The quantitative estimate of drug-likeness (QED) is 0.632. The van der Waals surface area contributed by atoms with E-state index in [0.717, 1.165) is 45.1 Å². The van der Waals surface area contributed by atoms with Crippen LogP contribution in [-0.2, 0) is 0 Å². The van der Waals surface area contributed by atoms with Crippen molar-refractivity contribution in [2.45, 2.75) is 32.1 Å². The van der Waals surface area contributed by atoms with Gasteiger partial charge in [0.1, 0.15) is 0 Å². The fourth-order valence-corrected chi connectivity index (χ4v) is 4.85. The third kappa shape index (κ3) is 4.03. The molecule has 5 nitrogen and oxygen atoms in total. The number of thiophene rings is 1. The van der Waals surface area contributed by atoms with Crippen molar-refractivity contribution in [3.05, 3.63) is 17.5 Å². The van der Waals surface area contributed by atoms with Crippen LogP contribution in [0.3, 0.4) is 0 Å². The summed E-state index contributed by atoms with van der Waals surface area (Å²) in [6, 6.07) is 4.32. The highest BCUT2D eigenvalue weighted by molar-refractivity contribution is 7.14. The average molecular weight is 351 g/mol. The van der Waals surface area contributed by atoms with Crippen LogP contribution in [0.25, 0.3) is 0 Å². The predicted octanol–water partition coefficient (Wildman–Crippen LogP) is 2.39. The van der Waals surface area contributed by atoms with Crippen molar-refractivity contribution < 1.29 is 5.11 Å².